The summed E-state index contributed by atoms with van der Waals surface area (Å²) < 4.78 is 26.2. The molecule has 0 radical (unpaired) electrons. The summed E-state index contributed by atoms with van der Waals surface area (Å²) in [5, 5.41) is 19.5. The van der Waals surface area contributed by atoms with E-state index in [1.54, 1.807) is 18.2 Å². The summed E-state index contributed by atoms with van der Waals surface area (Å²) in [6.45, 7) is -0.0844. The van der Waals surface area contributed by atoms with Crippen LogP contribution in [-0.2, 0) is 10.0 Å². The molecular formula is C14H21NO4S. The number of aliphatic hydroxyl groups excluding tert-OH is 2. The van der Waals surface area contributed by atoms with Crippen LogP contribution in [-0.4, -0.2) is 37.4 Å². The monoisotopic (exact) mass is 299 g/mol. The zero-order valence-corrected chi connectivity index (χ0v) is 12.1. The van der Waals surface area contributed by atoms with Crippen LogP contribution in [0.1, 0.15) is 25.7 Å². The fourth-order valence-corrected chi connectivity index (χ4v) is 3.21. The van der Waals surface area contributed by atoms with E-state index >= 15 is 0 Å². The summed E-state index contributed by atoms with van der Waals surface area (Å²) in [6, 6.07) is 8.02. The van der Waals surface area contributed by atoms with Crippen molar-refractivity contribution in [3.05, 3.63) is 30.3 Å². The zero-order chi connectivity index (χ0) is 14.6. The summed E-state index contributed by atoms with van der Waals surface area (Å²) in [5.41, 5.74) is 0. The lowest BCUT2D eigenvalue weighted by atomic mass is 10.1. The zero-order valence-electron chi connectivity index (χ0n) is 11.3. The fourth-order valence-electron chi connectivity index (χ4n) is 2.12. The minimum absolute atomic E-state index is 0.0844. The van der Waals surface area contributed by atoms with Gasteiger partial charge in [-0.1, -0.05) is 31.0 Å². The van der Waals surface area contributed by atoms with Gasteiger partial charge < -0.3 is 10.2 Å². The number of aliphatic hydroxyl groups is 2. The third kappa shape index (κ3) is 4.86. The van der Waals surface area contributed by atoms with Gasteiger partial charge in [0.1, 0.15) is 0 Å². The second-order valence-corrected chi connectivity index (χ2v) is 7.15. The van der Waals surface area contributed by atoms with Crippen molar-refractivity contribution < 1.29 is 18.6 Å². The average Bonchev–Trinajstić information content (AvgIpc) is 3.21. The largest absolute Gasteiger partial charge is 0.393 e. The summed E-state index contributed by atoms with van der Waals surface area (Å²) in [5.74, 6) is 0.582. The highest BCUT2D eigenvalue weighted by Gasteiger charge is 2.26. The highest BCUT2D eigenvalue weighted by molar-refractivity contribution is 7.89. The highest BCUT2D eigenvalue weighted by atomic mass is 32.2. The van der Waals surface area contributed by atoms with Crippen LogP contribution < -0.4 is 4.72 Å². The highest BCUT2D eigenvalue weighted by Crippen LogP contribution is 2.34. The van der Waals surface area contributed by atoms with Gasteiger partial charge in [-0.15, -0.1) is 0 Å². The van der Waals surface area contributed by atoms with Crippen LogP contribution in [0.3, 0.4) is 0 Å². The van der Waals surface area contributed by atoms with Crippen molar-refractivity contribution in [3.8, 4) is 0 Å². The Hall–Kier alpha value is -0.950. The van der Waals surface area contributed by atoms with Crippen LogP contribution in [0.5, 0.6) is 0 Å². The predicted octanol–water partition coefficient (Wildman–Crippen LogP) is 0.877. The molecule has 1 saturated carbocycles. The molecule has 0 bridgehead atoms. The number of nitrogens with one attached hydrogen (secondary N) is 1. The molecule has 1 aromatic carbocycles. The Labute approximate surface area is 119 Å². The first-order chi connectivity index (χ1) is 9.47. The van der Waals surface area contributed by atoms with Crippen molar-refractivity contribution in [2.24, 2.45) is 5.92 Å². The van der Waals surface area contributed by atoms with Gasteiger partial charge in [0.05, 0.1) is 17.1 Å². The first kappa shape index (κ1) is 15.4. The van der Waals surface area contributed by atoms with Gasteiger partial charge in [0.15, 0.2) is 0 Å². The number of benzene rings is 1. The molecule has 20 heavy (non-hydrogen) atoms. The van der Waals surface area contributed by atoms with Gasteiger partial charge in [0, 0.05) is 13.0 Å². The summed E-state index contributed by atoms with van der Waals surface area (Å²) in [4.78, 5) is 0.172. The van der Waals surface area contributed by atoms with Gasteiger partial charge in [-0.2, -0.15) is 0 Å². The molecule has 0 amide bonds. The van der Waals surface area contributed by atoms with Crippen LogP contribution in [0.4, 0.5) is 0 Å². The molecule has 1 fully saturated rings. The lowest BCUT2D eigenvalue weighted by molar-refractivity contribution is 0.0748. The molecule has 1 aliphatic rings. The quantitative estimate of drug-likeness (QED) is 0.665. The second kappa shape index (κ2) is 6.67. The normalized spacial score (nSPS) is 18.7. The van der Waals surface area contributed by atoms with E-state index in [1.165, 1.54) is 12.1 Å². The lowest BCUT2D eigenvalue weighted by Gasteiger charge is -2.16. The topological polar surface area (TPSA) is 86.6 Å². The third-order valence-electron chi connectivity index (χ3n) is 3.41. The number of sulfonamides is 1. The van der Waals surface area contributed by atoms with Gasteiger partial charge in [0.25, 0.3) is 0 Å². The van der Waals surface area contributed by atoms with E-state index in [1.807, 2.05) is 0 Å². The first-order valence-corrected chi connectivity index (χ1v) is 8.36. The van der Waals surface area contributed by atoms with E-state index in [0.717, 1.165) is 12.8 Å². The molecule has 2 atom stereocenters. The molecule has 2 rings (SSSR count). The molecule has 0 spiro atoms. The SMILES string of the molecule is O=S(=O)(NCC(O)CC(O)CC1CC1)c1ccccc1. The Morgan fingerprint density at radius 1 is 1.15 bits per heavy atom. The van der Waals surface area contributed by atoms with Crippen molar-refractivity contribution >= 4 is 10.0 Å². The maximum absolute atomic E-state index is 11.9. The van der Waals surface area contributed by atoms with Crippen LogP contribution in [0.15, 0.2) is 35.2 Å². The summed E-state index contributed by atoms with van der Waals surface area (Å²) in [6.07, 6.45) is 1.76. The van der Waals surface area contributed by atoms with Crippen molar-refractivity contribution in [1.82, 2.24) is 4.72 Å². The van der Waals surface area contributed by atoms with Crippen LogP contribution in [0, 0.1) is 5.92 Å². The van der Waals surface area contributed by atoms with Crippen molar-refractivity contribution in [2.75, 3.05) is 6.54 Å². The Balaban J connectivity index is 1.78. The standard InChI is InChI=1S/C14H21NO4S/c16-12(8-11-6-7-11)9-13(17)10-15-20(18,19)14-4-2-1-3-5-14/h1-5,11-13,15-17H,6-10H2. The molecular weight excluding hydrogens is 278 g/mol. The van der Waals surface area contributed by atoms with Crippen LogP contribution >= 0.6 is 0 Å². The van der Waals surface area contributed by atoms with Gasteiger partial charge in [-0.25, -0.2) is 13.1 Å². The third-order valence-corrected chi connectivity index (χ3v) is 4.85. The molecule has 5 nitrogen and oxygen atoms in total. The first-order valence-electron chi connectivity index (χ1n) is 6.88. The fraction of sp³-hybridized carbons (Fsp3) is 0.571. The van der Waals surface area contributed by atoms with E-state index in [2.05, 4.69) is 4.72 Å². The molecule has 0 aromatic heterocycles. The van der Waals surface area contributed by atoms with E-state index < -0.39 is 22.2 Å². The van der Waals surface area contributed by atoms with Gasteiger partial charge >= 0.3 is 0 Å². The van der Waals surface area contributed by atoms with Crippen molar-refractivity contribution in [3.63, 3.8) is 0 Å². The molecule has 2 unspecified atom stereocenters. The molecule has 0 heterocycles. The smallest absolute Gasteiger partial charge is 0.240 e. The molecule has 0 saturated heterocycles. The van der Waals surface area contributed by atoms with Crippen LogP contribution in [0.25, 0.3) is 0 Å². The van der Waals surface area contributed by atoms with Crippen LogP contribution in [0.2, 0.25) is 0 Å². The van der Waals surface area contributed by atoms with E-state index in [0.29, 0.717) is 12.3 Å². The lowest BCUT2D eigenvalue weighted by Crippen LogP contribution is -2.34. The summed E-state index contributed by atoms with van der Waals surface area (Å²) >= 11 is 0. The van der Waals surface area contributed by atoms with Gasteiger partial charge in [-0.05, 0) is 24.5 Å². The van der Waals surface area contributed by atoms with E-state index in [9.17, 15) is 18.6 Å². The molecule has 6 heteroatoms. The maximum atomic E-state index is 11.9. The predicted molar refractivity (Wildman–Crippen MR) is 75.6 cm³/mol. The molecule has 1 aromatic rings. The number of hydrogen-bond acceptors (Lipinski definition) is 4. The maximum Gasteiger partial charge on any atom is 0.240 e. The Kier molecular flexibility index (Phi) is 5.15. The van der Waals surface area contributed by atoms with Crippen molar-refractivity contribution in [2.45, 2.75) is 42.8 Å². The molecule has 0 aliphatic heterocycles. The Morgan fingerprint density at radius 3 is 2.40 bits per heavy atom. The Morgan fingerprint density at radius 2 is 1.80 bits per heavy atom. The van der Waals surface area contributed by atoms with E-state index in [-0.39, 0.29) is 17.9 Å². The van der Waals surface area contributed by atoms with E-state index in [4.69, 9.17) is 0 Å². The van der Waals surface area contributed by atoms with Gasteiger partial charge in [-0.3, -0.25) is 0 Å². The Bertz CT molecular complexity index is 513. The molecule has 112 valence electrons. The summed E-state index contributed by atoms with van der Waals surface area (Å²) in [7, 11) is -3.59. The average molecular weight is 299 g/mol. The number of rotatable bonds is 8. The molecule has 1 aliphatic carbocycles. The minimum Gasteiger partial charge on any atom is -0.393 e. The second-order valence-electron chi connectivity index (χ2n) is 5.39. The van der Waals surface area contributed by atoms with Crippen molar-refractivity contribution in [1.29, 1.82) is 0 Å². The number of hydrogen-bond donors (Lipinski definition) is 3. The minimum atomic E-state index is -3.59. The molecule has 3 N–H and O–H groups in total. The van der Waals surface area contributed by atoms with Gasteiger partial charge in [0.2, 0.25) is 10.0 Å².